The largest absolute Gasteiger partial charge is 0.398 e. The summed E-state index contributed by atoms with van der Waals surface area (Å²) in [5.74, 6) is 0.00816. The zero-order valence-electron chi connectivity index (χ0n) is 12.8. The lowest BCUT2D eigenvalue weighted by Crippen LogP contribution is -2.38. The fourth-order valence-electron chi connectivity index (χ4n) is 2.95. The third kappa shape index (κ3) is 2.46. The average Bonchev–Trinajstić information content (AvgIpc) is 2.74. The molecular formula is C16H19ClN4O. The minimum Gasteiger partial charge on any atom is -0.398 e. The molecule has 0 bridgehead atoms. The summed E-state index contributed by atoms with van der Waals surface area (Å²) in [7, 11) is 0. The molecule has 0 saturated heterocycles. The lowest BCUT2D eigenvalue weighted by molar-refractivity contribution is -0.119. The van der Waals surface area contributed by atoms with E-state index in [1.165, 1.54) is 0 Å². The maximum atomic E-state index is 12.7. The number of benzene rings is 1. The number of carbonyl (C=O) groups excluding carboxylic acids is 1. The molecule has 0 atom stereocenters. The molecule has 2 N–H and O–H groups in total. The van der Waals surface area contributed by atoms with E-state index in [9.17, 15) is 4.79 Å². The smallest absolute Gasteiger partial charge is 0.248 e. The second-order valence-corrected chi connectivity index (χ2v) is 6.01. The van der Waals surface area contributed by atoms with E-state index in [4.69, 9.17) is 17.3 Å². The first-order chi connectivity index (χ1) is 10.5. The van der Waals surface area contributed by atoms with Gasteiger partial charge in [-0.2, -0.15) is 5.10 Å². The summed E-state index contributed by atoms with van der Waals surface area (Å²) in [5, 5.41) is 4.95. The van der Waals surface area contributed by atoms with Crippen molar-refractivity contribution in [2.24, 2.45) is 0 Å². The summed E-state index contributed by atoms with van der Waals surface area (Å²) in [6.45, 7) is 4.61. The standard InChI is InChI=1S/C16H19ClN4O/c1-10-16(17)11(2)21(19-10)9-15(22)20-8-4-5-12-13(18)6-3-7-14(12)20/h3,6-7H,4-5,8-9,18H2,1-2H3. The highest BCUT2D eigenvalue weighted by atomic mass is 35.5. The second kappa shape index (κ2) is 5.65. The quantitative estimate of drug-likeness (QED) is 0.866. The van der Waals surface area contributed by atoms with Crippen LogP contribution in [0.3, 0.4) is 0 Å². The number of hydrogen-bond donors (Lipinski definition) is 1. The van der Waals surface area contributed by atoms with Crippen LogP contribution in [0, 0.1) is 13.8 Å². The topological polar surface area (TPSA) is 64.2 Å². The van der Waals surface area contributed by atoms with E-state index in [1.807, 2.05) is 32.0 Å². The van der Waals surface area contributed by atoms with Crippen molar-refractivity contribution >= 4 is 28.9 Å². The van der Waals surface area contributed by atoms with E-state index in [1.54, 1.807) is 9.58 Å². The van der Waals surface area contributed by atoms with Gasteiger partial charge in [0.2, 0.25) is 5.91 Å². The highest BCUT2D eigenvalue weighted by Gasteiger charge is 2.24. The number of carbonyl (C=O) groups is 1. The third-order valence-electron chi connectivity index (χ3n) is 4.17. The van der Waals surface area contributed by atoms with Gasteiger partial charge in [0.25, 0.3) is 0 Å². The second-order valence-electron chi connectivity index (χ2n) is 5.64. The lowest BCUT2D eigenvalue weighted by Gasteiger charge is -2.30. The van der Waals surface area contributed by atoms with Gasteiger partial charge in [0.15, 0.2) is 0 Å². The van der Waals surface area contributed by atoms with Gasteiger partial charge in [-0.05, 0) is 44.4 Å². The van der Waals surface area contributed by atoms with Gasteiger partial charge in [0.05, 0.1) is 16.4 Å². The summed E-state index contributed by atoms with van der Waals surface area (Å²) in [4.78, 5) is 14.5. The molecule has 1 aromatic heterocycles. The zero-order chi connectivity index (χ0) is 15.9. The number of aryl methyl sites for hydroxylation is 1. The molecule has 1 aliphatic heterocycles. The van der Waals surface area contributed by atoms with E-state index >= 15 is 0 Å². The number of hydrogen-bond acceptors (Lipinski definition) is 3. The zero-order valence-corrected chi connectivity index (χ0v) is 13.5. The van der Waals surface area contributed by atoms with Crippen LogP contribution in [-0.4, -0.2) is 22.2 Å². The van der Waals surface area contributed by atoms with Crippen molar-refractivity contribution < 1.29 is 4.79 Å². The molecule has 1 aliphatic rings. The first-order valence-corrected chi connectivity index (χ1v) is 7.74. The summed E-state index contributed by atoms with van der Waals surface area (Å²) >= 11 is 6.14. The summed E-state index contributed by atoms with van der Waals surface area (Å²) < 4.78 is 1.67. The number of halogens is 1. The number of nitrogens with two attached hydrogens (primary N) is 1. The molecule has 5 nitrogen and oxygen atoms in total. The predicted molar refractivity (Wildman–Crippen MR) is 88.2 cm³/mol. The Labute approximate surface area is 134 Å². The molecule has 0 aliphatic carbocycles. The molecule has 0 saturated carbocycles. The molecule has 0 unspecified atom stereocenters. The number of nitrogens with zero attached hydrogens (tertiary/aromatic N) is 3. The minimum atomic E-state index is 0.00816. The highest BCUT2D eigenvalue weighted by molar-refractivity contribution is 6.31. The molecule has 2 aromatic rings. The maximum absolute atomic E-state index is 12.7. The Balaban J connectivity index is 1.88. The Morgan fingerprint density at radius 2 is 2.18 bits per heavy atom. The van der Waals surface area contributed by atoms with Gasteiger partial charge in [0, 0.05) is 17.9 Å². The Bertz CT molecular complexity index is 738. The lowest BCUT2D eigenvalue weighted by atomic mass is 10.00. The molecule has 1 aromatic carbocycles. The van der Waals surface area contributed by atoms with E-state index in [2.05, 4.69) is 5.10 Å². The van der Waals surface area contributed by atoms with E-state index in [-0.39, 0.29) is 12.5 Å². The van der Waals surface area contributed by atoms with Crippen molar-refractivity contribution in [2.75, 3.05) is 17.2 Å². The molecular weight excluding hydrogens is 300 g/mol. The van der Waals surface area contributed by atoms with Crippen LogP contribution in [0.2, 0.25) is 5.02 Å². The SMILES string of the molecule is Cc1nn(CC(=O)N2CCCc3c(N)cccc32)c(C)c1Cl. The fraction of sp³-hybridized carbons (Fsp3) is 0.375. The van der Waals surface area contributed by atoms with Crippen LogP contribution in [0.5, 0.6) is 0 Å². The van der Waals surface area contributed by atoms with Gasteiger partial charge in [-0.1, -0.05) is 17.7 Å². The summed E-state index contributed by atoms with van der Waals surface area (Å²) in [6.07, 6.45) is 1.84. The number of rotatable bonds is 2. The van der Waals surface area contributed by atoms with Crippen molar-refractivity contribution in [3.63, 3.8) is 0 Å². The number of amides is 1. The Morgan fingerprint density at radius 3 is 2.86 bits per heavy atom. The van der Waals surface area contributed by atoms with Crippen LogP contribution >= 0.6 is 11.6 Å². The molecule has 6 heteroatoms. The number of aromatic nitrogens is 2. The molecule has 0 radical (unpaired) electrons. The first-order valence-electron chi connectivity index (χ1n) is 7.36. The monoisotopic (exact) mass is 318 g/mol. The first kappa shape index (κ1) is 14.9. The van der Waals surface area contributed by atoms with Crippen molar-refractivity contribution in [3.05, 3.63) is 40.2 Å². The van der Waals surface area contributed by atoms with E-state index in [0.717, 1.165) is 41.2 Å². The van der Waals surface area contributed by atoms with Crippen molar-refractivity contribution in [2.45, 2.75) is 33.2 Å². The van der Waals surface area contributed by atoms with Crippen LogP contribution in [0.15, 0.2) is 18.2 Å². The number of nitrogen functional groups attached to an aromatic ring is 1. The molecule has 116 valence electrons. The number of fused-ring (bicyclic) bond motifs is 1. The van der Waals surface area contributed by atoms with Crippen LogP contribution in [-0.2, 0) is 17.8 Å². The summed E-state index contributed by atoms with van der Waals surface area (Å²) in [5.41, 5.74) is 10.3. The predicted octanol–water partition coefficient (Wildman–Crippen LogP) is 2.71. The van der Waals surface area contributed by atoms with E-state index in [0.29, 0.717) is 11.6 Å². The van der Waals surface area contributed by atoms with Gasteiger partial charge < -0.3 is 10.6 Å². The van der Waals surface area contributed by atoms with Crippen LogP contribution in [0.25, 0.3) is 0 Å². The van der Waals surface area contributed by atoms with Crippen molar-refractivity contribution in [3.8, 4) is 0 Å². The molecule has 22 heavy (non-hydrogen) atoms. The van der Waals surface area contributed by atoms with Crippen molar-refractivity contribution in [1.29, 1.82) is 0 Å². The van der Waals surface area contributed by atoms with Gasteiger partial charge in [-0.25, -0.2) is 0 Å². The molecule has 3 rings (SSSR count). The van der Waals surface area contributed by atoms with Crippen LogP contribution < -0.4 is 10.6 Å². The Kier molecular flexibility index (Phi) is 3.83. The van der Waals surface area contributed by atoms with Gasteiger partial charge >= 0.3 is 0 Å². The number of anilines is 2. The molecule has 2 heterocycles. The fourth-order valence-corrected chi connectivity index (χ4v) is 3.09. The van der Waals surface area contributed by atoms with Crippen LogP contribution in [0.4, 0.5) is 11.4 Å². The van der Waals surface area contributed by atoms with Gasteiger partial charge in [-0.3, -0.25) is 9.48 Å². The van der Waals surface area contributed by atoms with Gasteiger partial charge in [-0.15, -0.1) is 0 Å². The normalized spacial score (nSPS) is 14.0. The highest BCUT2D eigenvalue weighted by Crippen LogP contribution is 2.31. The molecule has 1 amide bonds. The molecule has 0 spiro atoms. The van der Waals surface area contributed by atoms with Gasteiger partial charge in [0.1, 0.15) is 6.54 Å². The molecule has 0 fully saturated rings. The Morgan fingerprint density at radius 1 is 1.41 bits per heavy atom. The average molecular weight is 319 g/mol. The summed E-state index contributed by atoms with van der Waals surface area (Å²) in [6, 6.07) is 5.73. The third-order valence-corrected chi connectivity index (χ3v) is 4.71. The maximum Gasteiger partial charge on any atom is 0.248 e. The van der Waals surface area contributed by atoms with E-state index < -0.39 is 0 Å². The Hall–Kier alpha value is -2.01. The van der Waals surface area contributed by atoms with Crippen molar-refractivity contribution in [1.82, 2.24) is 9.78 Å². The minimum absolute atomic E-state index is 0.00816. The van der Waals surface area contributed by atoms with Crippen LogP contribution in [0.1, 0.15) is 23.4 Å².